The Kier molecular flexibility index (Phi) is 4.24. The fraction of sp³-hybridized carbons (Fsp3) is 0.333. The summed E-state index contributed by atoms with van der Waals surface area (Å²) in [5.41, 5.74) is 0.316. The molecule has 21 heavy (non-hydrogen) atoms. The van der Waals surface area contributed by atoms with E-state index in [1.807, 2.05) is 0 Å². The molecule has 1 aliphatic heterocycles. The van der Waals surface area contributed by atoms with E-state index in [9.17, 15) is 5.11 Å². The van der Waals surface area contributed by atoms with Crippen LogP contribution in [0.3, 0.4) is 0 Å². The summed E-state index contributed by atoms with van der Waals surface area (Å²) in [5.74, 6) is 0. The fourth-order valence-corrected chi connectivity index (χ4v) is 7.94. The smallest absolute Gasteiger partial charge is 0.121 e. The Morgan fingerprint density at radius 1 is 1.05 bits per heavy atom. The van der Waals surface area contributed by atoms with Gasteiger partial charge in [0, 0.05) is 18.2 Å². The lowest BCUT2D eigenvalue weighted by Gasteiger charge is -2.44. The van der Waals surface area contributed by atoms with E-state index in [4.69, 9.17) is 0 Å². The summed E-state index contributed by atoms with van der Waals surface area (Å²) < 4.78 is 0. The molecule has 2 nitrogen and oxygen atoms in total. The molecule has 0 spiro atoms. The molecular formula is C18H23NOSi. The molecule has 2 atom stereocenters. The van der Waals surface area contributed by atoms with Gasteiger partial charge in [0.25, 0.3) is 0 Å². The van der Waals surface area contributed by atoms with Gasteiger partial charge in [0.2, 0.25) is 0 Å². The minimum Gasteiger partial charge on any atom is -0.396 e. The van der Waals surface area contributed by atoms with Crippen LogP contribution in [0.25, 0.3) is 0 Å². The van der Waals surface area contributed by atoms with Gasteiger partial charge >= 0.3 is 0 Å². The van der Waals surface area contributed by atoms with Crippen LogP contribution >= 0.6 is 0 Å². The summed E-state index contributed by atoms with van der Waals surface area (Å²) in [6.07, 6.45) is 1.17. The Balaban J connectivity index is 2.10. The van der Waals surface area contributed by atoms with Crippen LogP contribution in [-0.4, -0.2) is 32.4 Å². The second-order valence-electron chi connectivity index (χ2n) is 6.07. The molecule has 110 valence electrons. The van der Waals surface area contributed by atoms with Gasteiger partial charge in [-0.2, -0.15) is 0 Å². The molecule has 0 bridgehead atoms. The maximum absolute atomic E-state index is 10.1. The molecule has 2 aromatic carbocycles. The van der Waals surface area contributed by atoms with Crippen molar-refractivity contribution in [3.8, 4) is 0 Å². The van der Waals surface area contributed by atoms with Crippen LogP contribution in [0.5, 0.6) is 0 Å². The van der Waals surface area contributed by atoms with Gasteiger partial charge in [0.15, 0.2) is 0 Å². The molecule has 1 fully saturated rings. The van der Waals surface area contributed by atoms with Crippen LogP contribution in [-0.2, 0) is 0 Å². The highest BCUT2D eigenvalue weighted by molar-refractivity contribution is 7.02. The highest BCUT2D eigenvalue weighted by atomic mass is 28.3. The molecule has 2 aromatic rings. The highest BCUT2D eigenvalue weighted by Gasteiger charge is 2.45. The lowest BCUT2D eigenvalue weighted by Crippen LogP contribution is -2.66. The Hall–Kier alpha value is -1.42. The van der Waals surface area contributed by atoms with E-state index in [1.54, 1.807) is 0 Å². The molecule has 3 heteroatoms. The lowest BCUT2D eigenvalue weighted by molar-refractivity contribution is 0.232. The predicted octanol–water partition coefficient (Wildman–Crippen LogP) is 1.60. The van der Waals surface area contributed by atoms with Crippen molar-refractivity contribution in [1.29, 1.82) is 0 Å². The number of benzene rings is 2. The summed E-state index contributed by atoms with van der Waals surface area (Å²) in [7, 11) is -1.98. The average Bonchev–Trinajstić information content (AvgIpc) is 2.51. The van der Waals surface area contributed by atoms with E-state index < -0.39 is 8.07 Å². The molecule has 1 aliphatic rings. The van der Waals surface area contributed by atoms with Gasteiger partial charge in [-0.15, -0.1) is 0 Å². The van der Waals surface area contributed by atoms with E-state index >= 15 is 0 Å². The molecule has 0 unspecified atom stereocenters. The largest absolute Gasteiger partial charge is 0.396 e. The Bertz CT molecular complexity index is 529. The third kappa shape index (κ3) is 2.57. The summed E-state index contributed by atoms with van der Waals surface area (Å²) in [4.78, 5) is 0. The van der Waals surface area contributed by atoms with Crippen LogP contribution in [0, 0.1) is 0 Å². The minimum absolute atomic E-state index is 0.254. The molecule has 1 heterocycles. The Morgan fingerprint density at radius 3 is 1.86 bits per heavy atom. The van der Waals surface area contributed by atoms with Crippen LogP contribution in [0.15, 0.2) is 60.7 Å². The number of rotatable bonds is 5. The molecule has 0 aliphatic carbocycles. The molecule has 3 rings (SSSR count). The third-order valence-electron chi connectivity index (χ3n) is 5.03. The first-order valence-electron chi connectivity index (χ1n) is 7.72. The van der Waals surface area contributed by atoms with E-state index in [0.29, 0.717) is 11.6 Å². The van der Waals surface area contributed by atoms with Crippen molar-refractivity contribution in [2.75, 3.05) is 13.2 Å². The van der Waals surface area contributed by atoms with Crippen molar-refractivity contribution in [2.24, 2.45) is 0 Å². The molecule has 1 saturated heterocycles. The first-order chi connectivity index (χ1) is 10.3. The minimum atomic E-state index is -1.98. The Labute approximate surface area is 127 Å². The predicted molar refractivity (Wildman–Crippen MR) is 91.0 cm³/mol. The standard InChI is InChI=1S/C18H23NOSi/c1-21(15-8-4-2-5-9-15,16-10-6-3-7-11-16)18(14-20)17-12-13-19-17/h2-11,17-20H,12-14H2,1H3/t17-,18+/m0/s1. The molecule has 0 aromatic heterocycles. The number of hydrogen-bond donors (Lipinski definition) is 2. The zero-order chi connectivity index (χ0) is 14.7. The number of hydrogen-bond acceptors (Lipinski definition) is 2. The maximum Gasteiger partial charge on any atom is 0.121 e. The van der Waals surface area contributed by atoms with E-state index in [0.717, 1.165) is 6.54 Å². The van der Waals surface area contributed by atoms with E-state index in [2.05, 4.69) is 72.5 Å². The van der Waals surface area contributed by atoms with E-state index in [1.165, 1.54) is 16.8 Å². The number of nitrogens with one attached hydrogen (secondary N) is 1. The first kappa shape index (κ1) is 14.5. The van der Waals surface area contributed by atoms with Crippen molar-refractivity contribution in [2.45, 2.75) is 24.6 Å². The SMILES string of the molecule is C[Si](c1ccccc1)(c1ccccc1)[C@H](CO)[C@@H]1CCN1. The summed E-state index contributed by atoms with van der Waals surface area (Å²) in [5, 5.41) is 16.4. The molecule has 0 saturated carbocycles. The quantitative estimate of drug-likeness (QED) is 0.822. The van der Waals surface area contributed by atoms with Gasteiger partial charge < -0.3 is 10.4 Å². The average molecular weight is 297 g/mol. The van der Waals surface area contributed by atoms with Gasteiger partial charge in [-0.05, 0) is 13.0 Å². The van der Waals surface area contributed by atoms with Crippen molar-refractivity contribution in [1.82, 2.24) is 5.32 Å². The van der Waals surface area contributed by atoms with Crippen LogP contribution in [0.2, 0.25) is 12.1 Å². The topological polar surface area (TPSA) is 32.3 Å². The van der Waals surface area contributed by atoms with Gasteiger partial charge in [0.05, 0.1) is 0 Å². The Morgan fingerprint density at radius 2 is 1.52 bits per heavy atom. The lowest BCUT2D eigenvalue weighted by atomic mass is 10.0. The highest BCUT2D eigenvalue weighted by Crippen LogP contribution is 2.30. The second kappa shape index (κ2) is 6.14. The fourth-order valence-electron chi connectivity index (χ4n) is 3.53. The van der Waals surface area contributed by atoms with Gasteiger partial charge in [-0.25, -0.2) is 0 Å². The van der Waals surface area contributed by atoms with E-state index in [-0.39, 0.29) is 6.61 Å². The summed E-state index contributed by atoms with van der Waals surface area (Å²) in [6.45, 7) is 3.73. The van der Waals surface area contributed by atoms with Crippen molar-refractivity contribution in [3.05, 3.63) is 60.7 Å². The van der Waals surface area contributed by atoms with Crippen LogP contribution in [0.1, 0.15) is 6.42 Å². The summed E-state index contributed by atoms with van der Waals surface area (Å²) >= 11 is 0. The zero-order valence-corrected chi connectivity index (χ0v) is 13.5. The normalized spacial score (nSPS) is 19.8. The molecular weight excluding hydrogens is 274 g/mol. The van der Waals surface area contributed by atoms with Crippen LogP contribution < -0.4 is 15.7 Å². The number of aliphatic hydroxyl groups is 1. The van der Waals surface area contributed by atoms with Crippen molar-refractivity contribution < 1.29 is 5.11 Å². The van der Waals surface area contributed by atoms with Gasteiger partial charge in [-0.3, -0.25) is 0 Å². The van der Waals surface area contributed by atoms with Crippen LogP contribution in [0.4, 0.5) is 0 Å². The zero-order valence-electron chi connectivity index (χ0n) is 12.5. The molecule has 0 amide bonds. The van der Waals surface area contributed by atoms with Crippen molar-refractivity contribution in [3.63, 3.8) is 0 Å². The summed E-state index contributed by atoms with van der Waals surface area (Å²) in [6, 6.07) is 22.0. The number of aliphatic hydroxyl groups excluding tert-OH is 1. The maximum atomic E-state index is 10.1. The molecule has 0 radical (unpaired) electrons. The van der Waals surface area contributed by atoms with Gasteiger partial charge in [-0.1, -0.05) is 77.6 Å². The molecule has 2 N–H and O–H groups in total. The third-order valence-corrected chi connectivity index (χ3v) is 10.2. The first-order valence-corrected chi connectivity index (χ1v) is 10.3. The van der Waals surface area contributed by atoms with Gasteiger partial charge in [0.1, 0.15) is 8.07 Å². The monoisotopic (exact) mass is 297 g/mol. The van der Waals surface area contributed by atoms with Crippen molar-refractivity contribution >= 4 is 18.4 Å². The second-order valence-corrected chi connectivity index (χ2v) is 10.4.